The fourth-order valence-electron chi connectivity index (χ4n) is 3.67. The van der Waals surface area contributed by atoms with Crippen LogP contribution in [0.1, 0.15) is 5.56 Å². The highest BCUT2D eigenvalue weighted by Gasteiger charge is 2.07. The van der Waals surface area contributed by atoms with Crippen molar-refractivity contribution in [3.8, 4) is 11.4 Å². The summed E-state index contributed by atoms with van der Waals surface area (Å²) in [6.07, 6.45) is 0. The van der Waals surface area contributed by atoms with Gasteiger partial charge in [-0.15, -0.1) is 11.8 Å². The Kier molecular flexibility index (Phi) is 5.42. The van der Waals surface area contributed by atoms with E-state index in [1.165, 1.54) is 16.3 Å². The molecule has 152 valence electrons. The van der Waals surface area contributed by atoms with Crippen LogP contribution in [0.2, 0.25) is 0 Å². The van der Waals surface area contributed by atoms with Gasteiger partial charge in [-0.2, -0.15) is 0 Å². The number of nitrogens with one attached hydrogen (secondary N) is 2. The number of H-pyrrole nitrogens is 1. The number of aromatic amines is 1. The molecule has 4 aromatic carbocycles. The number of benzene rings is 4. The number of aromatic nitrogens is 2. The van der Waals surface area contributed by atoms with Gasteiger partial charge >= 0.3 is 0 Å². The highest BCUT2D eigenvalue weighted by atomic mass is 32.2. The third-order valence-corrected chi connectivity index (χ3v) is 6.18. The van der Waals surface area contributed by atoms with Crippen molar-refractivity contribution >= 4 is 45.2 Å². The van der Waals surface area contributed by atoms with Gasteiger partial charge in [0.15, 0.2) is 0 Å². The first-order valence-corrected chi connectivity index (χ1v) is 11.3. The van der Waals surface area contributed by atoms with Crippen molar-refractivity contribution in [3.05, 3.63) is 96.6 Å². The van der Waals surface area contributed by atoms with Crippen LogP contribution in [0.3, 0.4) is 0 Å². The highest BCUT2D eigenvalue weighted by molar-refractivity contribution is 7.99. The molecular formula is C26H21N3OS. The molecule has 0 atom stereocenters. The van der Waals surface area contributed by atoms with E-state index in [-0.39, 0.29) is 5.91 Å². The Morgan fingerprint density at radius 3 is 2.52 bits per heavy atom. The number of para-hydroxylation sites is 2. The molecule has 0 bridgehead atoms. The van der Waals surface area contributed by atoms with Crippen molar-refractivity contribution in [1.82, 2.24) is 9.97 Å². The zero-order chi connectivity index (χ0) is 21.0. The third kappa shape index (κ3) is 4.32. The molecule has 0 unspecified atom stereocenters. The maximum Gasteiger partial charge on any atom is 0.234 e. The maximum atomic E-state index is 12.4. The Bertz CT molecular complexity index is 1320. The minimum atomic E-state index is 0.00160. The molecule has 1 heterocycles. The number of thioether (sulfide) groups is 1. The number of hydrogen-bond donors (Lipinski definition) is 2. The molecule has 0 aliphatic heterocycles. The topological polar surface area (TPSA) is 57.8 Å². The number of rotatable bonds is 6. The zero-order valence-electron chi connectivity index (χ0n) is 16.8. The van der Waals surface area contributed by atoms with Gasteiger partial charge in [-0.3, -0.25) is 4.79 Å². The number of anilines is 1. The van der Waals surface area contributed by atoms with Crippen LogP contribution in [0, 0.1) is 0 Å². The molecule has 0 fully saturated rings. The summed E-state index contributed by atoms with van der Waals surface area (Å²) in [5, 5.41) is 5.46. The summed E-state index contributed by atoms with van der Waals surface area (Å²) in [7, 11) is 0. The lowest BCUT2D eigenvalue weighted by atomic mass is 10.1. The van der Waals surface area contributed by atoms with Crippen LogP contribution in [0.4, 0.5) is 5.69 Å². The van der Waals surface area contributed by atoms with E-state index in [1.807, 2.05) is 54.6 Å². The molecule has 0 spiro atoms. The monoisotopic (exact) mass is 423 g/mol. The molecule has 0 aliphatic carbocycles. The molecule has 5 aromatic rings. The van der Waals surface area contributed by atoms with E-state index in [0.29, 0.717) is 5.75 Å². The molecule has 31 heavy (non-hydrogen) atoms. The van der Waals surface area contributed by atoms with Gasteiger partial charge in [0.05, 0.1) is 16.8 Å². The molecule has 0 saturated heterocycles. The quantitative estimate of drug-likeness (QED) is 0.339. The molecule has 1 amide bonds. The average molecular weight is 424 g/mol. The van der Waals surface area contributed by atoms with Gasteiger partial charge in [0.25, 0.3) is 0 Å². The van der Waals surface area contributed by atoms with Crippen molar-refractivity contribution in [2.24, 2.45) is 0 Å². The predicted molar refractivity (Wildman–Crippen MR) is 130 cm³/mol. The largest absolute Gasteiger partial charge is 0.338 e. The minimum Gasteiger partial charge on any atom is -0.338 e. The summed E-state index contributed by atoms with van der Waals surface area (Å²) < 4.78 is 0. The lowest BCUT2D eigenvalue weighted by Crippen LogP contribution is -2.14. The summed E-state index contributed by atoms with van der Waals surface area (Å²) in [5.41, 5.74) is 4.98. The number of imidazole rings is 1. The van der Waals surface area contributed by atoms with Gasteiger partial charge in [-0.25, -0.2) is 4.98 Å². The van der Waals surface area contributed by atoms with Crippen LogP contribution in [-0.2, 0) is 10.5 Å². The highest BCUT2D eigenvalue weighted by Crippen LogP contribution is 2.24. The molecule has 5 heteroatoms. The van der Waals surface area contributed by atoms with Crippen LogP contribution < -0.4 is 5.32 Å². The second-order valence-electron chi connectivity index (χ2n) is 7.36. The van der Waals surface area contributed by atoms with Crippen LogP contribution in [0.15, 0.2) is 91.0 Å². The zero-order valence-corrected chi connectivity index (χ0v) is 17.7. The van der Waals surface area contributed by atoms with E-state index in [9.17, 15) is 4.79 Å². The predicted octanol–water partition coefficient (Wildman–Crippen LogP) is 6.26. The summed E-state index contributed by atoms with van der Waals surface area (Å²) >= 11 is 1.62. The van der Waals surface area contributed by atoms with Gasteiger partial charge in [0.2, 0.25) is 5.91 Å². The van der Waals surface area contributed by atoms with E-state index in [1.54, 1.807) is 11.8 Å². The Balaban J connectivity index is 1.18. The summed E-state index contributed by atoms with van der Waals surface area (Å²) in [5.74, 6) is 2.04. The molecule has 2 N–H and O–H groups in total. The fraction of sp³-hybridized carbons (Fsp3) is 0.0769. The second kappa shape index (κ2) is 8.66. The SMILES string of the molecule is O=C(CSCc1cccc2ccccc12)Nc1ccc(-c2nc3ccccc3[nH]2)cc1. The number of fused-ring (bicyclic) bond motifs is 2. The van der Waals surface area contributed by atoms with Crippen LogP contribution in [0.25, 0.3) is 33.2 Å². The first-order chi connectivity index (χ1) is 15.3. The first-order valence-electron chi connectivity index (χ1n) is 10.2. The van der Waals surface area contributed by atoms with E-state index in [2.05, 4.69) is 51.7 Å². The number of hydrogen-bond acceptors (Lipinski definition) is 3. The van der Waals surface area contributed by atoms with E-state index in [0.717, 1.165) is 33.9 Å². The normalized spacial score (nSPS) is 11.1. The standard InChI is InChI=1S/C26H21N3OS/c30-25(17-31-16-20-8-5-7-18-6-1-2-9-22(18)20)27-21-14-12-19(13-15-21)26-28-23-10-3-4-11-24(23)29-26/h1-15H,16-17H2,(H,27,30)(H,28,29). The second-order valence-corrected chi connectivity index (χ2v) is 8.34. The molecule has 1 aromatic heterocycles. The van der Waals surface area contributed by atoms with E-state index < -0.39 is 0 Å². The third-order valence-electron chi connectivity index (χ3n) is 5.20. The van der Waals surface area contributed by atoms with Crippen molar-refractivity contribution in [3.63, 3.8) is 0 Å². The number of amides is 1. The molecule has 0 aliphatic rings. The van der Waals surface area contributed by atoms with Gasteiger partial charge in [-0.1, -0.05) is 54.6 Å². The Morgan fingerprint density at radius 2 is 1.65 bits per heavy atom. The molecule has 4 nitrogen and oxygen atoms in total. The van der Waals surface area contributed by atoms with Crippen molar-refractivity contribution in [2.75, 3.05) is 11.1 Å². The molecule has 5 rings (SSSR count). The van der Waals surface area contributed by atoms with Crippen molar-refractivity contribution in [1.29, 1.82) is 0 Å². The van der Waals surface area contributed by atoms with Gasteiger partial charge < -0.3 is 10.3 Å². The van der Waals surface area contributed by atoms with E-state index in [4.69, 9.17) is 0 Å². The molecular weight excluding hydrogens is 402 g/mol. The fourth-order valence-corrected chi connectivity index (χ4v) is 4.50. The summed E-state index contributed by atoms with van der Waals surface area (Å²) in [6.45, 7) is 0. The average Bonchev–Trinajstić information content (AvgIpc) is 3.24. The number of carbonyl (C=O) groups excluding carboxylic acids is 1. The smallest absolute Gasteiger partial charge is 0.234 e. The Morgan fingerprint density at radius 1 is 0.871 bits per heavy atom. The van der Waals surface area contributed by atoms with Gasteiger partial charge in [0.1, 0.15) is 5.82 Å². The molecule has 0 saturated carbocycles. The van der Waals surface area contributed by atoms with Crippen LogP contribution in [-0.4, -0.2) is 21.6 Å². The minimum absolute atomic E-state index is 0.00160. The number of nitrogens with zero attached hydrogens (tertiary/aromatic N) is 1. The van der Waals surface area contributed by atoms with Crippen molar-refractivity contribution < 1.29 is 4.79 Å². The van der Waals surface area contributed by atoms with Gasteiger partial charge in [-0.05, 0) is 52.7 Å². The number of carbonyl (C=O) groups is 1. The first kappa shape index (κ1) is 19.4. The lowest BCUT2D eigenvalue weighted by Gasteiger charge is -2.08. The summed E-state index contributed by atoms with van der Waals surface area (Å²) in [6, 6.07) is 30.4. The summed E-state index contributed by atoms with van der Waals surface area (Å²) in [4.78, 5) is 20.3. The maximum absolute atomic E-state index is 12.4. The lowest BCUT2D eigenvalue weighted by molar-refractivity contribution is -0.113. The Labute approximate surface area is 184 Å². The van der Waals surface area contributed by atoms with Crippen LogP contribution >= 0.6 is 11.8 Å². The van der Waals surface area contributed by atoms with Crippen LogP contribution in [0.5, 0.6) is 0 Å². The molecule has 0 radical (unpaired) electrons. The Hall–Kier alpha value is -3.57. The van der Waals surface area contributed by atoms with Gasteiger partial charge in [0, 0.05) is 17.0 Å². The van der Waals surface area contributed by atoms with E-state index >= 15 is 0 Å². The van der Waals surface area contributed by atoms with Crippen molar-refractivity contribution in [2.45, 2.75) is 5.75 Å².